The molecule has 0 bridgehead atoms. The van der Waals surface area contributed by atoms with Gasteiger partial charge in [0.1, 0.15) is 11.6 Å². The molecule has 3 rings (SSSR count). The van der Waals surface area contributed by atoms with Gasteiger partial charge in [-0.3, -0.25) is 4.79 Å². The maximum absolute atomic E-state index is 13.0. The fraction of sp³-hybridized carbons (Fsp3) is 0.118. The number of amides is 1. The number of halogens is 1. The summed E-state index contributed by atoms with van der Waals surface area (Å²) >= 11 is 0. The summed E-state index contributed by atoms with van der Waals surface area (Å²) in [5.74, 6) is -0.00791. The minimum atomic E-state index is -0.369. The highest BCUT2D eigenvalue weighted by molar-refractivity contribution is 6.03. The zero-order valence-corrected chi connectivity index (χ0v) is 13.2. The quantitative estimate of drug-likeness (QED) is 0.800. The highest BCUT2D eigenvalue weighted by atomic mass is 19.1. The minimum absolute atomic E-state index is 0.204. The van der Waals surface area contributed by atoms with Crippen molar-refractivity contribution in [3.05, 3.63) is 65.7 Å². The monoisotopic (exact) mass is 326 g/mol. The molecular formula is C17H15FN4O2. The van der Waals surface area contributed by atoms with Crippen LogP contribution in [0.25, 0.3) is 5.69 Å². The number of hydrogen-bond acceptors (Lipinski definition) is 4. The third-order valence-corrected chi connectivity index (χ3v) is 3.53. The number of hydrogen-bond donors (Lipinski definition) is 1. The number of methoxy groups -OCH3 is 1. The Balaban J connectivity index is 1.81. The summed E-state index contributed by atoms with van der Waals surface area (Å²) in [6.45, 7) is 1.73. The third kappa shape index (κ3) is 3.10. The maximum atomic E-state index is 13.0. The Labute approximate surface area is 137 Å². The lowest BCUT2D eigenvalue weighted by Crippen LogP contribution is -2.14. The minimum Gasteiger partial charge on any atom is -0.497 e. The van der Waals surface area contributed by atoms with E-state index in [0.29, 0.717) is 22.8 Å². The van der Waals surface area contributed by atoms with Gasteiger partial charge >= 0.3 is 0 Å². The lowest BCUT2D eigenvalue weighted by atomic mass is 10.2. The number of rotatable bonds is 4. The maximum Gasteiger partial charge on any atom is 0.278 e. The van der Waals surface area contributed by atoms with Crippen molar-refractivity contribution in [1.29, 1.82) is 0 Å². The van der Waals surface area contributed by atoms with Gasteiger partial charge < -0.3 is 10.1 Å². The summed E-state index contributed by atoms with van der Waals surface area (Å²) in [7, 11) is 1.57. The van der Waals surface area contributed by atoms with Crippen LogP contribution in [0.4, 0.5) is 10.1 Å². The molecule has 24 heavy (non-hydrogen) atoms. The van der Waals surface area contributed by atoms with Gasteiger partial charge in [-0.25, -0.2) is 9.07 Å². The smallest absolute Gasteiger partial charge is 0.278 e. The fourth-order valence-electron chi connectivity index (χ4n) is 2.23. The predicted octanol–water partition coefficient (Wildman–Crippen LogP) is 2.98. The van der Waals surface area contributed by atoms with Crippen molar-refractivity contribution < 1.29 is 13.9 Å². The molecule has 0 aliphatic carbocycles. The van der Waals surface area contributed by atoms with E-state index in [2.05, 4.69) is 15.6 Å². The van der Waals surface area contributed by atoms with Crippen LogP contribution in [-0.2, 0) is 0 Å². The van der Waals surface area contributed by atoms with Crippen molar-refractivity contribution in [2.24, 2.45) is 0 Å². The van der Waals surface area contributed by atoms with Crippen molar-refractivity contribution in [2.75, 3.05) is 12.4 Å². The summed E-state index contributed by atoms with van der Waals surface area (Å²) in [4.78, 5) is 12.4. The number of nitrogens with zero attached hydrogens (tertiary/aromatic N) is 3. The number of benzene rings is 2. The van der Waals surface area contributed by atoms with Crippen LogP contribution in [-0.4, -0.2) is 28.0 Å². The van der Waals surface area contributed by atoms with Crippen LogP contribution in [0.1, 0.15) is 16.2 Å². The molecule has 1 N–H and O–H groups in total. The lowest BCUT2D eigenvalue weighted by Gasteiger charge is -2.06. The molecule has 3 aromatic rings. The summed E-state index contributed by atoms with van der Waals surface area (Å²) in [5.41, 5.74) is 2.02. The number of anilines is 1. The molecule has 0 aliphatic heterocycles. The van der Waals surface area contributed by atoms with E-state index >= 15 is 0 Å². The highest BCUT2D eigenvalue weighted by Gasteiger charge is 2.17. The van der Waals surface area contributed by atoms with E-state index in [1.54, 1.807) is 50.4 Å². The van der Waals surface area contributed by atoms with E-state index in [4.69, 9.17) is 4.74 Å². The molecule has 0 radical (unpaired) electrons. The normalized spacial score (nSPS) is 10.5. The van der Waals surface area contributed by atoms with Crippen LogP contribution in [0.15, 0.2) is 48.5 Å². The molecule has 0 fully saturated rings. The van der Waals surface area contributed by atoms with Gasteiger partial charge in [-0.2, -0.15) is 0 Å². The van der Waals surface area contributed by atoms with Crippen molar-refractivity contribution in [2.45, 2.75) is 6.92 Å². The second kappa shape index (κ2) is 6.49. The van der Waals surface area contributed by atoms with Crippen molar-refractivity contribution in [3.8, 4) is 11.4 Å². The Bertz CT molecular complexity index is 857. The zero-order chi connectivity index (χ0) is 17.1. The van der Waals surface area contributed by atoms with E-state index < -0.39 is 0 Å². The molecule has 1 amide bonds. The standard InChI is InChI=1S/C17H15FN4O2/c1-11-16(17(23)19-13-5-9-15(24-2)10-6-13)20-21-22(11)14-7-3-12(18)4-8-14/h3-10H,1-2H3,(H,19,23). The number of carbonyl (C=O) groups excluding carboxylic acids is 1. The Morgan fingerprint density at radius 2 is 1.79 bits per heavy atom. The van der Waals surface area contributed by atoms with Crippen LogP contribution >= 0.6 is 0 Å². The number of ether oxygens (including phenoxy) is 1. The van der Waals surface area contributed by atoms with Crippen LogP contribution in [0.3, 0.4) is 0 Å². The molecule has 1 aromatic heterocycles. The van der Waals surface area contributed by atoms with Crippen molar-refractivity contribution in [1.82, 2.24) is 15.0 Å². The molecule has 0 saturated heterocycles. The van der Waals surface area contributed by atoms with E-state index in [-0.39, 0.29) is 17.4 Å². The first-order valence-corrected chi connectivity index (χ1v) is 7.22. The molecule has 0 aliphatic rings. The van der Waals surface area contributed by atoms with E-state index in [1.807, 2.05) is 0 Å². The number of aromatic nitrogens is 3. The average molecular weight is 326 g/mol. The first-order chi connectivity index (χ1) is 11.6. The number of nitrogens with one attached hydrogen (secondary N) is 1. The predicted molar refractivity (Wildman–Crippen MR) is 87.0 cm³/mol. The molecule has 0 spiro atoms. The lowest BCUT2D eigenvalue weighted by molar-refractivity contribution is 0.102. The molecule has 122 valence electrons. The largest absolute Gasteiger partial charge is 0.497 e. The molecule has 0 saturated carbocycles. The molecule has 6 nitrogen and oxygen atoms in total. The van der Waals surface area contributed by atoms with Gasteiger partial charge in [0.15, 0.2) is 5.69 Å². The van der Waals surface area contributed by atoms with Gasteiger partial charge in [0, 0.05) is 5.69 Å². The summed E-state index contributed by atoms with van der Waals surface area (Å²) in [6.07, 6.45) is 0. The molecular weight excluding hydrogens is 311 g/mol. The Kier molecular flexibility index (Phi) is 4.24. The summed E-state index contributed by atoms with van der Waals surface area (Å²) in [6, 6.07) is 12.8. The van der Waals surface area contributed by atoms with Gasteiger partial charge in [-0.1, -0.05) is 5.21 Å². The molecule has 1 heterocycles. The summed E-state index contributed by atoms with van der Waals surface area (Å²) in [5, 5.41) is 10.6. The van der Waals surface area contributed by atoms with Crippen LogP contribution in [0.5, 0.6) is 5.75 Å². The van der Waals surface area contributed by atoms with E-state index in [0.717, 1.165) is 0 Å². The van der Waals surface area contributed by atoms with Crippen LogP contribution in [0.2, 0.25) is 0 Å². The fourth-order valence-corrected chi connectivity index (χ4v) is 2.23. The molecule has 2 aromatic carbocycles. The van der Waals surface area contributed by atoms with Gasteiger partial charge in [0.05, 0.1) is 18.5 Å². The Morgan fingerprint density at radius 1 is 1.12 bits per heavy atom. The third-order valence-electron chi connectivity index (χ3n) is 3.53. The Morgan fingerprint density at radius 3 is 2.42 bits per heavy atom. The van der Waals surface area contributed by atoms with Crippen LogP contribution in [0, 0.1) is 12.7 Å². The average Bonchev–Trinajstić information content (AvgIpc) is 2.98. The van der Waals surface area contributed by atoms with Crippen LogP contribution < -0.4 is 10.1 Å². The van der Waals surface area contributed by atoms with Crippen molar-refractivity contribution >= 4 is 11.6 Å². The number of carbonyl (C=O) groups is 1. The first-order valence-electron chi connectivity index (χ1n) is 7.22. The van der Waals surface area contributed by atoms with Gasteiger partial charge in [-0.15, -0.1) is 5.10 Å². The van der Waals surface area contributed by atoms with Gasteiger partial charge in [0.25, 0.3) is 5.91 Å². The van der Waals surface area contributed by atoms with Crippen molar-refractivity contribution in [3.63, 3.8) is 0 Å². The van der Waals surface area contributed by atoms with Gasteiger partial charge in [0.2, 0.25) is 0 Å². The summed E-state index contributed by atoms with van der Waals surface area (Å²) < 4.78 is 19.6. The van der Waals surface area contributed by atoms with Gasteiger partial charge in [-0.05, 0) is 55.5 Å². The SMILES string of the molecule is COc1ccc(NC(=O)c2nnn(-c3ccc(F)cc3)c2C)cc1. The van der Waals surface area contributed by atoms with E-state index in [1.165, 1.54) is 16.8 Å². The topological polar surface area (TPSA) is 69.0 Å². The molecule has 0 atom stereocenters. The second-order valence-corrected chi connectivity index (χ2v) is 5.09. The molecule has 7 heteroatoms. The Hall–Kier alpha value is -3.22. The first kappa shape index (κ1) is 15.7. The molecule has 0 unspecified atom stereocenters. The second-order valence-electron chi connectivity index (χ2n) is 5.09. The highest BCUT2D eigenvalue weighted by Crippen LogP contribution is 2.17. The zero-order valence-electron chi connectivity index (χ0n) is 13.2. The van der Waals surface area contributed by atoms with E-state index in [9.17, 15) is 9.18 Å².